The highest BCUT2D eigenvalue weighted by Gasteiger charge is 2.25. The Morgan fingerprint density at radius 1 is 1.07 bits per heavy atom. The minimum Gasteiger partial charge on any atom is -0.314 e. The smallest absolute Gasteiger partial charge is 0.00953 e. The van der Waals surface area contributed by atoms with Crippen LogP contribution in [-0.2, 0) is 0 Å². The predicted octanol–water partition coefficient (Wildman–Crippen LogP) is 2.25. The molecule has 0 radical (unpaired) electrons. The van der Waals surface area contributed by atoms with Crippen molar-refractivity contribution >= 4 is 0 Å². The molecule has 0 aromatic heterocycles. The van der Waals surface area contributed by atoms with E-state index in [9.17, 15) is 0 Å². The zero-order valence-corrected chi connectivity index (χ0v) is 10.3. The van der Waals surface area contributed by atoms with Gasteiger partial charge in [0.1, 0.15) is 0 Å². The van der Waals surface area contributed by atoms with Gasteiger partial charge in [-0.3, -0.25) is 0 Å². The monoisotopic (exact) mass is 210 g/mol. The first-order chi connectivity index (χ1) is 7.25. The molecule has 88 valence electrons. The summed E-state index contributed by atoms with van der Waals surface area (Å²) >= 11 is 0. The first-order valence-electron chi connectivity index (χ1n) is 6.73. The van der Waals surface area contributed by atoms with Gasteiger partial charge in [-0.25, -0.2) is 0 Å². The minimum absolute atomic E-state index is 0.705. The Morgan fingerprint density at radius 3 is 2.53 bits per heavy atom. The second-order valence-corrected chi connectivity index (χ2v) is 5.64. The lowest BCUT2D eigenvalue weighted by molar-refractivity contribution is 0.149. The number of hydrogen-bond donors (Lipinski definition) is 1. The molecule has 0 spiro atoms. The molecule has 2 nitrogen and oxygen atoms in total. The molecule has 2 unspecified atom stereocenters. The molecule has 0 amide bonds. The summed E-state index contributed by atoms with van der Waals surface area (Å²) in [6.07, 6.45) is 7.15. The zero-order chi connectivity index (χ0) is 10.7. The quantitative estimate of drug-likeness (QED) is 0.714. The SMILES string of the molecule is CC1CNC(C)CCN(C2CCCC2)C1. The van der Waals surface area contributed by atoms with Gasteiger partial charge in [0.25, 0.3) is 0 Å². The molecule has 2 atom stereocenters. The van der Waals surface area contributed by atoms with E-state index in [1.165, 1.54) is 51.7 Å². The van der Waals surface area contributed by atoms with Crippen LogP contribution in [0.3, 0.4) is 0 Å². The Kier molecular flexibility index (Phi) is 4.04. The van der Waals surface area contributed by atoms with Gasteiger partial charge in [-0.15, -0.1) is 0 Å². The van der Waals surface area contributed by atoms with Gasteiger partial charge in [0, 0.05) is 18.6 Å². The van der Waals surface area contributed by atoms with Crippen molar-refractivity contribution in [2.45, 2.75) is 58.0 Å². The number of hydrogen-bond acceptors (Lipinski definition) is 2. The van der Waals surface area contributed by atoms with E-state index in [1.807, 2.05) is 0 Å². The van der Waals surface area contributed by atoms with Gasteiger partial charge in [-0.1, -0.05) is 19.8 Å². The van der Waals surface area contributed by atoms with Gasteiger partial charge in [0.05, 0.1) is 0 Å². The summed E-state index contributed by atoms with van der Waals surface area (Å²) in [5, 5.41) is 3.62. The molecule has 1 saturated heterocycles. The van der Waals surface area contributed by atoms with E-state index in [-0.39, 0.29) is 0 Å². The molecule has 2 aliphatic rings. The van der Waals surface area contributed by atoms with Crippen LogP contribution < -0.4 is 5.32 Å². The molecule has 2 heteroatoms. The number of nitrogens with zero attached hydrogens (tertiary/aromatic N) is 1. The molecule has 0 bridgehead atoms. The summed E-state index contributed by atoms with van der Waals surface area (Å²) in [7, 11) is 0. The van der Waals surface area contributed by atoms with Crippen molar-refractivity contribution in [1.82, 2.24) is 10.2 Å². The normalized spacial score (nSPS) is 36.4. The van der Waals surface area contributed by atoms with Crippen molar-refractivity contribution < 1.29 is 0 Å². The van der Waals surface area contributed by atoms with Crippen molar-refractivity contribution in [3.63, 3.8) is 0 Å². The van der Waals surface area contributed by atoms with Crippen molar-refractivity contribution in [3.8, 4) is 0 Å². The van der Waals surface area contributed by atoms with Gasteiger partial charge in [0.15, 0.2) is 0 Å². The predicted molar refractivity (Wildman–Crippen MR) is 65.1 cm³/mol. The topological polar surface area (TPSA) is 15.3 Å². The standard InChI is InChI=1S/C13H26N2/c1-11-9-14-12(2)7-8-15(10-11)13-5-3-4-6-13/h11-14H,3-10H2,1-2H3. The fourth-order valence-electron chi connectivity index (χ4n) is 3.02. The van der Waals surface area contributed by atoms with Crippen LogP contribution in [0.1, 0.15) is 46.0 Å². The molecule has 2 fully saturated rings. The molecule has 1 saturated carbocycles. The van der Waals surface area contributed by atoms with E-state index in [0.717, 1.165) is 12.0 Å². The van der Waals surface area contributed by atoms with Crippen molar-refractivity contribution in [1.29, 1.82) is 0 Å². The largest absolute Gasteiger partial charge is 0.314 e. The molecule has 2 rings (SSSR count). The molecular formula is C13H26N2. The Hall–Kier alpha value is -0.0800. The van der Waals surface area contributed by atoms with E-state index >= 15 is 0 Å². The van der Waals surface area contributed by atoms with Gasteiger partial charge in [-0.2, -0.15) is 0 Å². The van der Waals surface area contributed by atoms with Crippen molar-refractivity contribution in [3.05, 3.63) is 0 Å². The van der Waals surface area contributed by atoms with E-state index in [1.54, 1.807) is 0 Å². The molecule has 1 aliphatic carbocycles. The van der Waals surface area contributed by atoms with Crippen LogP contribution >= 0.6 is 0 Å². The molecule has 1 aliphatic heterocycles. The fourth-order valence-corrected chi connectivity index (χ4v) is 3.02. The van der Waals surface area contributed by atoms with Crippen LogP contribution in [0.25, 0.3) is 0 Å². The lowest BCUT2D eigenvalue weighted by atomic mass is 10.0. The van der Waals surface area contributed by atoms with E-state index in [4.69, 9.17) is 0 Å². The maximum atomic E-state index is 3.62. The summed E-state index contributed by atoms with van der Waals surface area (Å²) in [6.45, 7) is 8.52. The van der Waals surface area contributed by atoms with Crippen LogP contribution in [0.4, 0.5) is 0 Å². The number of rotatable bonds is 1. The van der Waals surface area contributed by atoms with E-state index < -0.39 is 0 Å². The average molecular weight is 210 g/mol. The lowest BCUT2D eigenvalue weighted by Gasteiger charge is -2.35. The van der Waals surface area contributed by atoms with Gasteiger partial charge < -0.3 is 10.2 Å². The molecule has 15 heavy (non-hydrogen) atoms. The van der Waals surface area contributed by atoms with E-state index in [2.05, 4.69) is 24.1 Å². The summed E-state index contributed by atoms with van der Waals surface area (Å²) in [4.78, 5) is 2.77. The van der Waals surface area contributed by atoms with Crippen molar-refractivity contribution in [2.75, 3.05) is 19.6 Å². The van der Waals surface area contributed by atoms with Gasteiger partial charge in [-0.05, 0) is 45.2 Å². The van der Waals surface area contributed by atoms with Crippen LogP contribution in [0.5, 0.6) is 0 Å². The van der Waals surface area contributed by atoms with E-state index in [0.29, 0.717) is 6.04 Å². The summed E-state index contributed by atoms with van der Waals surface area (Å²) < 4.78 is 0. The molecule has 0 aromatic rings. The zero-order valence-electron chi connectivity index (χ0n) is 10.3. The van der Waals surface area contributed by atoms with Crippen LogP contribution in [0.2, 0.25) is 0 Å². The maximum Gasteiger partial charge on any atom is 0.00953 e. The van der Waals surface area contributed by atoms with Crippen LogP contribution in [0, 0.1) is 5.92 Å². The second-order valence-electron chi connectivity index (χ2n) is 5.64. The maximum absolute atomic E-state index is 3.62. The molecule has 1 heterocycles. The van der Waals surface area contributed by atoms with Gasteiger partial charge in [0.2, 0.25) is 0 Å². The summed E-state index contributed by atoms with van der Waals surface area (Å²) in [5.41, 5.74) is 0. The third-order valence-electron chi connectivity index (χ3n) is 4.05. The first-order valence-corrected chi connectivity index (χ1v) is 6.73. The van der Waals surface area contributed by atoms with Gasteiger partial charge >= 0.3 is 0 Å². The Balaban J connectivity index is 1.90. The lowest BCUT2D eigenvalue weighted by Crippen LogP contribution is -2.45. The Bertz CT molecular complexity index is 187. The molecule has 1 N–H and O–H groups in total. The minimum atomic E-state index is 0.705. The first kappa shape index (κ1) is 11.4. The number of nitrogens with one attached hydrogen (secondary N) is 1. The van der Waals surface area contributed by atoms with Crippen LogP contribution in [-0.4, -0.2) is 36.6 Å². The third-order valence-corrected chi connectivity index (χ3v) is 4.05. The summed E-state index contributed by atoms with van der Waals surface area (Å²) in [5.74, 6) is 0.813. The fraction of sp³-hybridized carbons (Fsp3) is 1.00. The molecular weight excluding hydrogens is 184 g/mol. The third kappa shape index (κ3) is 3.18. The molecule has 0 aromatic carbocycles. The van der Waals surface area contributed by atoms with Crippen molar-refractivity contribution in [2.24, 2.45) is 5.92 Å². The Labute approximate surface area is 94.4 Å². The highest BCUT2D eigenvalue weighted by atomic mass is 15.2. The van der Waals surface area contributed by atoms with Crippen LogP contribution in [0.15, 0.2) is 0 Å². The average Bonchev–Trinajstić information content (AvgIpc) is 2.71. The summed E-state index contributed by atoms with van der Waals surface area (Å²) in [6, 6.07) is 1.62. The second kappa shape index (κ2) is 5.31. The highest BCUT2D eigenvalue weighted by molar-refractivity contribution is 4.82. The highest BCUT2D eigenvalue weighted by Crippen LogP contribution is 2.25. The Morgan fingerprint density at radius 2 is 1.80 bits per heavy atom.